The van der Waals surface area contributed by atoms with E-state index < -0.39 is 5.97 Å². The van der Waals surface area contributed by atoms with Crippen LogP contribution in [0.25, 0.3) is 0 Å². The van der Waals surface area contributed by atoms with Crippen LogP contribution in [-0.2, 0) is 16.1 Å². The molecule has 0 saturated heterocycles. The molecule has 1 aliphatic rings. The van der Waals surface area contributed by atoms with Gasteiger partial charge in [0.1, 0.15) is 0 Å². The topological polar surface area (TPSA) is 60.9 Å². The van der Waals surface area contributed by atoms with Gasteiger partial charge in [0.2, 0.25) is 5.91 Å². The number of carboxylic acid groups (broad SMARTS) is 1. The Labute approximate surface area is 131 Å². The Morgan fingerprint density at radius 3 is 2.41 bits per heavy atom. The Kier molecular flexibility index (Phi) is 5.55. The van der Waals surface area contributed by atoms with Crippen molar-refractivity contribution in [2.75, 3.05) is 20.1 Å². The lowest BCUT2D eigenvalue weighted by atomic mass is 10.1. The molecule has 5 nitrogen and oxygen atoms in total. The highest BCUT2D eigenvalue weighted by Crippen LogP contribution is 2.28. The number of amides is 1. The average Bonchev–Trinajstić information content (AvgIpc) is 3.29. The SMILES string of the molecule is Cc1ccc(CN(C(=O)CN(C)CCC(=O)O)C2CC2)cc1. The zero-order chi connectivity index (χ0) is 16.1. The molecule has 0 atom stereocenters. The first-order valence-corrected chi connectivity index (χ1v) is 7.71. The molecule has 0 heterocycles. The van der Waals surface area contributed by atoms with Gasteiger partial charge in [-0.15, -0.1) is 0 Å². The maximum atomic E-state index is 12.5. The van der Waals surface area contributed by atoms with Crippen LogP contribution in [0, 0.1) is 6.92 Å². The van der Waals surface area contributed by atoms with Crippen LogP contribution < -0.4 is 0 Å². The smallest absolute Gasteiger partial charge is 0.304 e. The van der Waals surface area contributed by atoms with E-state index in [-0.39, 0.29) is 18.9 Å². The third-order valence-electron chi connectivity index (χ3n) is 3.89. The van der Waals surface area contributed by atoms with Crippen molar-refractivity contribution >= 4 is 11.9 Å². The molecular weight excluding hydrogens is 280 g/mol. The highest BCUT2D eigenvalue weighted by Gasteiger charge is 2.32. The molecule has 2 rings (SSSR count). The first-order valence-electron chi connectivity index (χ1n) is 7.71. The van der Waals surface area contributed by atoms with Crippen LogP contribution in [0.15, 0.2) is 24.3 Å². The Hall–Kier alpha value is -1.88. The van der Waals surface area contributed by atoms with E-state index in [4.69, 9.17) is 5.11 Å². The minimum absolute atomic E-state index is 0.0607. The second-order valence-corrected chi connectivity index (χ2v) is 6.12. The van der Waals surface area contributed by atoms with Crippen LogP contribution in [0.3, 0.4) is 0 Å². The Morgan fingerprint density at radius 2 is 1.86 bits per heavy atom. The molecule has 120 valence electrons. The lowest BCUT2D eigenvalue weighted by Crippen LogP contribution is -2.40. The Bertz CT molecular complexity index is 523. The number of likely N-dealkylation sites (N-methyl/N-ethyl adjacent to an activating group) is 1. The Morgan fingerprint density at radius 1 is 1.23 bits per heavy atom. The first kappa shape index (κ1) is 16.5. The van der Waals surface area contributed by atoms with E-state index in [2.05, 4.69) is 24.3 Å². The number of rotatable bonds is 8. The largest absolute Gasteiger partial charge is 0.481 e. The Balaban J connectivity index is 1.91. The zero-order valence-electron chi connectivity index (χ0n) is 13.3. The number of hydrogen-bond acceptors (Lipinski definition) is 3. The first-order chi connectivity index (χ1) is 10.5. The summed E-state index contributed by atoms with van der Waals surface area (Å²) >= 11 is 0. The van der Waals surface area contributed by atoms with Crippen molar-refractivity contribution in [3.63, 3.8) is 0 Å². The molecule has 1 saturated carbocycles. The molecule has 1 aliphatic carbocycles. The summed E-state index contributed by atoms with van der Waals surface area (Å²) in [5, 5.41) is 8.70. The van der Waals surface area contributed by atoms with Crippen LogP contribution in [0.2, 0.25) is 0 Å². The minimum atomic E-state index is -0.835. The summed E-state index contributed by atoms with van der Waals surface area (Å²) in [6.07, 6.45) is 2.19. The molecule has 1 fully saturated rings. The van der Waals surface area contributed by atoms with Gasteiger partial charge in [-0.25, -0.2) is 0 Å². The van der Waals surface area contributed by atoms with E-state index in [9.17, 15) is 9.59 Å². The van der Waals surface area contributed by atoms with E-state index in [1.54, 1.807) is 11.9 Å². The van der Waals surface area contributed by atoms with Gasteiger partial charge in [-0.3, -0.25) is 14.5 Å². The van der Waals surface area contributed by atoms with Crippen molar-refractivity contribution in [2.24, 2.45) is 0 Å². The molecule has 0 bridgehead atoms. The van der Waals surface area contributed by atoms with E-state index in [0.29, 0.717) is 19.1 Å². The van der Waals surface area contributed by atoms with Gasteiger partial charge in [0.15, 0.2) is 0 Å². The molecule has 22 heavy (non-hydrogen) atoms. The second kappa shape index (κ2) is 7.40. The molecule has 0 spiro atoms. The number of aliphatic carboxylic acids is 1. The molecule has 0 aromatic heterocycles. The number of nitrogens with zero attached hydrogens (tertiary/aromatic N) is 2. The van der Waals surface area contributed by atoms with Gasteiger partial charge >= 0.3 is 5.97 Å². The predicted octanol–water partition coefficient (Wildman–Crippen LogP) is 1.89. The van der Waals surface area contributed by atoms with Crippen molar-refractivity contribution in [3.05, 3.63) is 35.4 Å². The van der Waals surface area contributed by atoms with Gasteiger partial charge in [0, 0.05) is 19.1 Å². The summed E-state index contributed by atoms with van der Waals surface area (Å²) in [4.78, 5) is 26.8. The zero-order valence-corrected chi connectivity index (χ0v) is 13.3. The maximum absolute atomic E-state index is 12.5. The van der Waals surface area contributed by atoms with Crippen molar-refractivity contribution in [3.8, 4) is 0 Å². The van der Waals surface area contributed by atoms with Crippen molar-refractivity contribution in [1.29, 1.82) is 0 Å². The summed E-state index contributed by atoms with van der Waals surface area (Å²) in [5.74, 6) is -0.756. The highest BCUT2D eigenvalue weighted by atomic mass is 16.4. The fraction of sp³-hybridized carbons (Fsp3) is 0.529. The van der Waals surface area contributed by atoms with Crippen LogP contribution in [0.1, 0.15) is 30.4 Å². The number of carbonyl (C=O) groups is 2. The quantitative estimate of drug-likeness (QED) is 0.797. The van der Waals surface area contributed by atoms with Gasteiger partial charge in [0.05, 0.1) is 13.0 Å². The number of benzene rings is 1. The predicted molar refractivity (Wildman–Crippen MR) is 84.5 cm³/mol. The maximum Gasteiger partial charge on any atom is 0.304 e. The highest BCUT2D eigenvalue weighted by molar-refractivity contribution is 5.79. The second-order valence-electron chi connectivity index (χ2n) is 6.12. The molecular formula is C17H24N2O3. The van der Waals surface area contributed by atoms with Gasteiger partial charge in [0.25, 0.3) is 0 Å². The number of hydrogen-bond donors (Lipinski definition) is 1. The summed E-state index contributed by atoms with van der Waals surface area (Å²) < 4.78 is 0. The molecule has 1 amide bonds. The third kappa shape index (κ3) is 5.15. The molecule has 1 N–H and O–H groups in total. The number of carbonyl (C=O) groups excluding carboxylic acids is 1. The monoisotopic (exact) mass is 304 g/mol. The summed E-state index contributed by atoms with van der Waals surface area (Å²) in [6, 6.07) is 8.59. The van der Waals surface area contributed by atoms with Gasteiger partial charge in [-0.2, -0.15) is 0 Å². The summed E-state index contributed by atoms with van der Waals surface area (Å²) in [5.41, 5.74) is 2.35. The third-order valence-corrected chi connectivity index (χ3v) is 3.89. The summed E-state index contributed by atoms with van der Waals surface area (Å²) in [7, 11) is 1.79. The molecule has 0 aliphatic heterocycles. The van der Waals surface area contributed by atoms with Gasteiger partial charge in [-0.05, 0) is 32.4 Å². The number of aryl methyl sites for hydroxylation is 1. The van der Waals surface area contributed by atoms with Crippen molar-refractivity contribution in [1.82, 2.24) is 9.80 Å². The fourth-order valence-electron chi connectivity index (χ4n) is 2.38. The van der Waals surface area contributed by atoms with E-state index in [0.717, 1.165) is 18.4 Å². The molecule has 5 heteroatoms. The lowest BCUT2D eigenvalue weighted by Gasteiger charge is -2.25. The van der Waals surface area contributed by atoms with Crippen molar-refractivity contribution in [2.45, 2.75) is 38.8 Å². The number of carboxylic acids is 1. The van der Waals surface area contributed by atoms with Crippen LogP contribution in [0.5, 0.6) is 0 Å². The normalized spacial score (nSPS) is 14.1. The average molecular weight is 304 g/mol. The van der Waals surface area contributed by atoms with Crippen LogP contribution >= 0.6 is 0 Å². The molecule has 1 aromatic carbocycles. The fourth-order valence-corrected chi connectivity index (χ4v) is 2.38. The molecule has 1 aromatic rings. The van der Waals surface area contributed by atoms with Gasteiger partial charge < -0.3 is 10.0 Å². The lowest BCUT2D eigenvalue weighted by molar-refractivity contribution is -0.138. The van der Waals surface area contributed by atoms with Crippen LogP contribution in [0.4, 0.5) is 0 Å². The van der Waals surface area contributed by atoms with E-state index >= 15 is 0 Å². The van der Waals surface area contributed by atoms with Gasteiger partial charge in [-0.1, -0.05) is 29.8 Å². The standard InChI is InChI=1S/C17H24N2O3/c1-13-3-5-14(6-4-13)11-19(15-7-8-15)16(20)12-18(2)10-9-17(21)22/h3-6,15H,7-12H2,1-2H3,(H,21,22). The van der Waals surface area contributed by atoms with Crippen LogP contribution in [-0.4, -0.2) is 53.0 Å². The van der Waals surface area contributed by atoms with Crippen molar-refractivity contribution < 1.29 is 14.7 Å². The minimum Gasteiger partial charge on any atom is -0.481 e. The molecule has 0 radical (unpaired) electrons. The van der Waals surface area contributed by atoms with E-state index in [1.165, 1.54) is 5.56 Å². The summed E-state index contributed by atoms with van der Waals surface area (Å²) in [6.45, 7) is 3.35. The van der Waals surface area contributed by atoms with E-state index in [1.807, 2.05) is 11.8 Å². The molecule has 0 unspecified atom stereocenters.